The van der Waals surface area contributed by atoms with Crippen molar-refractivity contribution >= 4 is 17.5 Å². The molecule has 0 unspecified atom stereocenters. The number of anilines is 2. The molecule has 176 valence electrons. The van der Waals surface area contributed by atoms with Crippen LogP contribution in [0.25, 0.3) is 0 Å². The molecule has 1 fully saturated rings. The monoisotopic (exact) mass is 439 g/mol. The molecule has 3 N–H and O–H groups in total. The molecule has 0 radical (unpaired) electrons. The Hall–Kier alpha value is -2.50. The van der Waals surface area contributed by atoms with Gasteiger partial charge in [-0.1, -0.05) is 19.9 Å². The number of aryl methyl sites for hydroxylation is 3. The summed E-state index contributed by atoms with van der Waals surface area (Å²) in [7, 11) is 1.93. The van der Waals surface area contributed by atoms with Crippen LogP contribution in [-0.2, 0) is 18.4 Å². The molecule has 32 heavy (non-hydrogen) atoms. The molecule has 2 amide bonds. The number of aromatic nitrogens is 2. The fourth-order valence-electron chi connectivity index (χ4n) is 4.42. The van der Waals surface area contributed by atoms with Crippen LogP contribution in [0, 0.1) is 12.3 Å². The Balaban J connectivity index is 1.60. The standard InChI is InChI=1S/C26H41N5O/c1-18-8-10-21(29-24(32)28-20-12-14-26(5,6)15-13-20)16-19(18)9-11-22-17-23(27-7)31(30-22)25(2,3)4/h8,10,16-17,20,27H,9,11-15H2,1-7H3,(H2,28,29,32). The largest absolute Gasteiger partial charge is 0.373 e. The predicted molar refractivity (Wildman–Crippen MR) is 134 cm³/mol. The summed E-state index contributed by atoms with van der Waals surface area (Å²) in [6, 6.07) is 8.45. The average Bonchev–Trinajstić information content (AvgIpc) is 3.14. The molecular formula is C26H41N5O. The molecule has 3 rings (SSSR count). The van der Waals surface area contributed by atoms with E-state index < -0.39 is 0 Å². The first-order valence-electron chi connectivity index (χ1n) is 11.9. The van der Waals surface area contributed by atoms with Crippen LogP contribution >= 0.6 is 0 Å². The lowest BCUT2D eigenvalue weighted by molar-refractivity contribution is 0.202. The zero-order chi connectivity index (χ0) is 23.5. The van der Waals surface area contributed by atoms with Gasteiger partial charge in [0.2, 0.25) is 0 Å². The summed E-state index contributed by atoms with van der Waals surface area (Å²) >= 11 is 0. The summed E-state index contributed by atoms with van der Waals surface area (Å²) in [5, 5.41) is 14.3. The first-order chi connectivity index (χ1) is 15.0. The van der Waals surface area contributed by atoms with Crippen molar-refractivity contribution in [1.29, 1.82) is 0 Å². The van der Waals surface area contributed by atoms with Gasteiger partial charge in [0.05, 0.1) is 11.2 Å². The third kappa shape index (κ3) is 6.27. The second-order valence-corrected chi connectivity index (χ2v) is 11.0. The van der Waals surface area contributed by atoms with Crippen molar-refractivity contribution < 1.29 is 4.79 Å². The smallest absolute Gasteiger partial charge is 0.319 e. The van der Waals surface area contributed by atoms with Crippen molar-refractivity contribution in [2.45, 2.75) is 91.6 Å². The van der Waals surface area contributed by atoms with Crippen LogP contribution in [0.4, 0.5) is 16.3 Å². The van der Waals surface area contributed by atoms with E-state index in [0.29, 0.717) is 5.41 Å². The highest BCUT2D eigenvalue weighted by atomic mass is 16.2. The van der Waals surface area contributed by atoms with Gasteiger partial charge in [-0.25, -0.2) is 9.48 Å². The molecule has 1 aliphatic rings. The van der Waals surface area contributed by atoms with Crippen molar-refractivity contribution in [2.24, 2.45) is 5.41 Å². The summed E-state index contributed by atoms with van der Waals surface area (Å²) in [4.78, 5) is 12.5. The lowest BCUT2D eigenvalue weighted by Gasteiger charge is -2.34. The molecular weight excluding hydrogens is 398 g/mol. The highest BCUT2D eigenvalue weighted by Crippen LogP contribution is 2.35. The Morgan fingerprint density at radius 3 is 2.44 bits per heavy atom. The van der Waals surface area contributed by atoms with Crippen LogP contribution in [0.2, 0.25) is 0 Å². The zero-order valence-electron chi connectivity index (χ0n) is 20.9. The third-order valence-corrected chi connectivity index (χ3v) is 6.58. The minimum atomic E-state index is -0.105. The molecule has 0 aliphatic heterocycles. The molecule has 1 heterocycles. The number of amides is 2. The van der Waals surface area contributed by atoms with Crippen molar-refractivity contribution in [3.8, 4) is 0 Å². The predicted octanol–water partition coefficient (Wildman–Crippen LogP) is 5.86. The van der Waals surface area contributed by atoms with E-state index >= 15 is 0 Å². The summed E-state index contributed by atoms with van der Waals surface area (Å²) in [5.74, 6) is 1.03. The van der Waals surface area contributed by atoms with E-state index in [-0.39, 0.29) is 17.6 Å². The molecule has 6 nitrogen and oxygen atoms in total. The molecule has 1 aromatic carbocycles. The number of nitrogens with one attached hydrogen (secondary N) is 3. The first-order valence-corrected chi connectivity index (χ1v) is 11.9. The summed E-state index contributed by atoms with van der Waals surface area (Å²) in [6.45, 7) is 13.2. The van der Waals surface area contributed by atoms with E-state index in [1.807, 2.05) is 17.8 Å². The number of hydrogen-bond donors (Lipinski definition) is 3. The Kier molecular flexibility index (Phi) is 7.21. The number of carbonyl (C=O) groups excluding carboxylic acids is 1. The van der Waals surface area contributed by atoms with E-state index in [1.54, 1.807) is 0 Å². The van der Waals surface area contributed by atoms with Crippen molar-refractivity contribution in [2.75, 3.05) is 17.7 Å². The first kappa shape index (κ1) is 24.1. The van der Waals surface area contributed by atoms with Crippen LogP contribution in [-0.4, -0.2) is 28.9 Å². The van der Waals surface area contributed by atoms with Gasteiger partial charge >= 0.3 is 6.03 Å². The minimum absolute atomic E-state index is 0.0716. The van der Waals surface area contributed by atoms with Gasteiger partial charge in [-0.2, -0.15) is 5.10 Å². The quantitative estimate of drug-likeness (QED) is 0.528. The minimum Gasteiger partial charge on any atom is -0.373 e. The highest BCUT2D eigenvalue weighted by molar-refractivity contribution is 5.89. The normalized spacial score (nSPS) is 16.6. The van der Waals surface area contributed by atoms with Crippen LogP contribution in [0.5, 0.6) is 0 Å². The molecule has 1 aromatic heterocycles. The molecule has 1 saturated carbocycles. The molecule has 0 atom stereocenters. The Morgan fingerprint density at radius 2 is 1.84 bits per heavy atom. The molecule has 0 saturated heterocycles. The van der Waals surface area contributed by atoms with Crippen LogP contribution in [0.1, 0.15) is 77.1 Å². The third-order valence-electron chi connectivity index (χ3n) is 6.58. The molecule has 0 bridgehead atoms. The van der Waals surface area contributed by atoms with Crippen molar-refractivity contribution in [3.63, 3.8) is 0 Å². The highest BCUT2D eigenvalue weighted by Gasteiger charge is 2.27. The number of nitrogens with zero attached hydrogens (tertiary/aromatic N) is 2. The van der Waals surface area contributed by atoms with Gasteiger partial charge in [-0.3, -0.25) is 0 Å². The fraction of sp³-hybridized carbons (Fsp3) is 0.615. The Bertz CT molecular complexity index is 928. The fourth-order valence-corrected chi connectivity index (χ4v) is 4.42. The molecule has 1 aliphatic carbocycles. The van der Waals surface area contributed by atoms with Gasteiger partial charge in [0.15, 0.2) is 0 Å². The van der Waals surface area contributed by atoms with E-state index in [9.17, 15) is 4.79 Å². The Labute approximate surface area is 193 Å². The lowest BCUT2D eigenvalue weighted by Crippen LogP contribution is -2.41. The summed E-state index contributed by atoms with van der Waals surface area (Å²) in [6.07, 6.45) is 6.15. The van der Waals surface area contributed by atoms with Crippen LogP contribution in [0.3, 0.4) is 0 Å². The number of carbonyl (C=O) groups is 1. The second kappa shape index (κ2) is 9.55. The van der Waals surface area contributed by atoms with E-state index in [2.05, 4.69) is 75.7 Å². The SMILES string of the molecule is CNc1cc(CCc2cc(NC(=O)NC3CCC(C)(C)CC3)ccc2C)nn1C(C)(C)C. The summed E-state index contributed by atoms with van der Waals surface area (Å²) in [5.41, 5.74) is 4.71. The Morgan fingerprint density at radius 1 is 1.16 bits per heavy atom. The number of benzene rings is 1. The van der Waals surface area contributed by atoms with Gasteiger partial charge in [-0.15, -0.1) is 0 Å². The van der Waals surface area contributed by atoms with Crippen molar-refractivity contribution in [1.82, 2.24) is 15.1 Å². The number of hydrogen-bond acceptors (Lipinski definition) is 3. The van der Waals surface area contributed by atoms with Crippen molar-refractivity contribution in [3.05, 3.63) is 41.1 Å². The molecule has 0 spiro atoms. The second-order valence-electron chi connectivity index (χ2n) is 11.0. The molecule has 6 heteroatoms. The maximum atomic E-state index is 12.5. The van der Waals surface area contributed by atoms with Gasteiger partial charge in [0.25, 0.3) is 0 Å². The number of rotatable bonds is 6. The van der Waals surface area contributed by atoms with Gasteiger partial charge in [0.1, 0.15) is 5.82 Å². The summed E-state index contributed by atoms with van der Waals surface area (Å²) < 4.78 is 2.05. The molecule has 2 aromatic rings. The van der Waals surface area contributed by atoms with Gasteiger partial charge < -0.3 is 16.0 Å². The van der Waals surface area contributed by atoms with E-state index in [0.717, 1.165) is 55.7 Å². The maximum Gasteiger partial charge on any atom is 0.319 e. The maximum absolute atomic E-state index is 12.5. The average molecular weight is 440 g/mol. The topological polar surface area (TPSA) is 71.0 Å². The van der Waals surface area contributed by atoms with Crippen LogP contribution < -0.4 is 16.0 Å². The zero-order valence-corrected chi connectivity index (χ0v) is 20.9. The van der Waals surface area contributed by atoms with E-state index in [1.165, 1.54) is 11.1 Å². The van der Waals surface area contributed by atoms with Gasteiger partial charge in [-0.05, 0) is 94.9 Å². The van der Waals surface area contributed by atoms with Crippen LogP contribution in [0.15, 0.2) is 24.3 Å². The van der Waals surface area contributed by atoms with Gasteiger partial charge in [0, 0.05) is 24.8 Å². The number of urea groups is 1. The van der Waals surface area contributed by atoms with E-state index in [4.69, 9.17) is 5.10 Å². The lowest BCUT2D eigenvalue weighted by atomic mass is 9.76.